The maximum absolute atomic E-state index is 14.3. The molecule has 4 amide bonds. The minimum atomic E-state index is -1.18. The summed E-state index contributed by atoms with van der Waals surface area (Å²) in [4.78, 5) is 111. The normalized spacial score (nSPS) is 21.5. The molecule has 0 bridgehead atoms. The Morgan fingerprint density at radius 2 is 1.13 bits per heavy atom. The number of nitrogens with one attached hydrogen (secondary N) is 1. The molecule has 0 aliphatic carbocycles. The molecule has 5 N–H and O–H groups in total. The molecule has 0 radical (unpaired) electrons. The van der Waals surface area contributed by atoms with E-state index in [0.29, 0.717) is 32.4 Å². The van der Waals surface area contributed by atoms with Crippen LogP contribution in [0.2, 0.25) is 0 Å². The first-order valence-electron chi connectivity index (χ1n) is 28.2. The molecule has 19 heteroatoms. The van der Waals surface area contributed by atoms with Gasteiger partial charge in [0.1, 0.15) is 5.92 Å². The van der Waals surface area contributed by atoms with Crippen molar-refractivity contribution in [1.82, 2.24) is 19.6 Å². The van der Waals surface area contributed by atoms with Crippen LogP contribution in [0.4, 0.5) is 0 Å². The third-order valence-electron chi connectivity index (χ3n) is 15.5. The molecule has 0 saturated carbocycles. The molecule has 446 valence electrons. The van der Waals surface area contributed by atoms with Crippen LogP contribution in [0, 0.1) is 81.5 Å². The van der Waals surface area contributed by atoms with Crippen LogP contribution in [0.1, 0.15) is 168 Å². The molecule has 3 fully saturated rings. The number of imide groups is 2. The second-order valence-electron chi connectivity index (χ2n) is 24.1. The van der Waals surface area contributed by atoms with Gasteiger partial charge in [-0.1, -0.05) is 109 Å². The fourth-order valence-corrected chi connectivity index (χ4v) is 10.6. The Hall–Kier alpha value is -4.33. The molecule has 0 aromatic carbocycles. The number of carboxylic acid groups (broad SMARTS) is 1. The number of hydrogen-bond donors (Lipinski definition) is 4. The van der Waals surface area contributed by atoms with E-state index in [-0.39, 0.29) is 67.6 Å². The zero-order valence-corrected chi connectivity index (χ0v) is 51.3. The number of nitrogens with zero attached hydrogens (tertiary/aromatic N) is 5. The molecule has 3 heterocycles. The Morgan fingerprint density at radius 3 is 1.49 bits per heavy atom. The Kier molecular flexibility index (Phi) is 34.3. The van der Waals surface area contributed by atoms with Crippen LogP contribution in [-0.4, -0.2) is 158 Å². The number of likely N-dealkylation sites (tertiary alicyclic amines) is 2. The van der Waals surface area contributed by atoms with Gasteiger partial charge in [-0.25, -0.2) is 10.3 Å². The van der Waals surface area contributed by atoms with Gasteiger partial charge in [0.05, 0.1) is 55.6 Å². The highest BCUT2D eigenvalue weighted by Gasteiger charge is 2.60. The number of carbonyl (C=O) groups excluding carboxylic acids is 7. The molecular formula is C58H108N7O12+. The van der Waals surface area contributed by atoms with Crippen molar-refractivity contribution in [3.63, 3.8) is 0 Å². The van der Waals surface area contributed by atoms with E-state index in [0.717, 1.165) is 38.9 Å². The number of rotatable bonds is 27. The summed E-state index contributed by atoms with van der Waals surface area (Å²) in [5, 5.41) is 21.1. The van der Waals surface area contributed by atoms with Crippen LogP contribution in [-0.2, 0) is 47.8 Å². The number of nitrogens with two attached hydrogens (primary N) is 1. The van der Waals surface area contributed by atoms with Gasteiger partial charge in [0.15, 0.2) is 0 Å². The van der Waals surface area contributed by atoms with Gasteiger partial charge >= 0.3 is 23.9 Å². The summed E-state index contributed by atoms with van der Waals surface area (Å²) in [6.45, 7) is 36.0. The lowest BCUT2D eigenvalue weighted by Crippen LogP contribution is -2.44. The average Bonchev–Trinajstić information content (AvgIpc) is 3.83. The van der Waals surface area contributed by atoms with E-state index in [9.17, 15) is 43.5 Å². The number of aliphatic hydroxyl groups is 1. The number of ether oxygens (including phenoxy) is 2. The second kappa shape index (κ2) is 35.3. The number of carbonyl (C=O) groups is 8. The molecule has 3 aliphatic rings. The largest absolute Gasteiger partial charge is 0.481 e. The first-order valence-corrected chi connectivity index (χ1v) is 28.2. The van der Waals surface area contributed by atoms with Crippen molar-refractivity contribution in [2.45, 2.75) is 168 Å². The third kappa shape index (κ3) is 22.7. The molecule has 77 heavy (non-hydrogen) atoms. The van der Waals surface area contributed by atoms with Gasteiger partial charge in [-0.15, -0.1) is 0 Å². The van der Waals surface area contributed by atoms with Crippen LogP contribution in [0.5, 0.6) is 0 Å². The first-order chi connectivity index (χ1) is 35.6. The van der Waals surface area contributed by atoms with Crippen molar-refractivity contribution in [2.75, 3.05) is 80.7 Å². The summed E-state index contributed by atoms with van der Waals surface area (Å²) < 4.78 is 9.70. The summed E-state index contributed by atoms with van der Waals surface area (Å²) in [6.07, 6.45) is 7.20. The van der Waals surface area contributed by atoms with Crippen LogP contribution in [0.3, 0.4) is 0 Å². The monoisotopic (exact) mass is 1090 g/mol. The number of cyclic esters (lactones) is 2. The summed E-state index contributed by atoms with van der Waals surface area (Å²) in [6, 6.07) is 0. The molecule has 0 aromatic heterocycles. The molecule has 8 unspecified atom stereocenters. The SMILES string of the molecule is CCCCN.CCCCN1C(=O)C(CC(C)(C)C(C(=O)O)C(C)C(=O)OCC)C(C(C)(C)CC2C(=O)N(CCCN(C)C)C(=O)C2C(C)(C)CC)C1=O.CCO.CN(C)CCCN=N.[CH2+]C1C(=O)OC(=O)C1C(C)(C)CC. The smallest absolute Gasteiger partial charge is 0.362 e. The first kappa shape index (κ1) is 74.7. The highest BCUT2D eigenvalue weighted by Crippen LogP contribution is 2.53. The van der Waals surface area contributed by atoms with Gasteiger partial charge in [-0.3, -0.25) is 43.4 Å². The van der Waals surface area contributed by atoms with Gasteiger partial charge in [-0.05, 0) is 128 Å². The molecule has 8 atom stereocenters. The third-order valence-corrected chi connectivity index (χ3v) is 15.5. The molecule has 0 aromatic rings. The number of amides is 4. The van der Waals surface area contributed by atoms with Crippen LogP contribution in [0.15, 0.2) is 5.11 Å². The molecule has 3 rings (SSSR count). The minimum Gasteiger partial charge on any atom is -0.481 e. The average molecular weight is 1100 g/mol. The number of carboxylic acids is 1. The Bertz CT molecular complexity index is 1870. The van der Waals surface area contributed by atoms with E-state index in [1.54, 1.807) is 27.7 Å². The van der Waals surface area contributed by atoms with Crippen molar-refractivity contribution in [1.29, 1.82) is 5.53 Å². The molecule has 0 spiro atoms. The van der Waals surface area contributed by atoms with E-state index in [2.05, 4.69) is 28.6 Å². The number of esters is 3. The quantitative estimate of drug-likeness (QED) is 0.0150. The van der Waals surface area contributed by atoms with E-state index in [4.69, 9.17) is 21.1 Å². The highest BCUT2D eigenvalue weighted by atomic mass is 16.6. The zero-order valence-electron chi connectivity index (χ0n) is 51.3. The van der Waals surface area contributed by atoms with Crippen molar-refractivity contribution in [3.05, 3.63) is 6.92 Å². The maximum atomic E-state index is 14.3. The fourth-order valence-electron chi connectivity index (χ4n) is 10.6. The highest BCUT2D eigenvalue weighted by molar-refractivity contribution is 6.07. The molecule has 19 nitrogen and oxygen atoms in total. The van der Waals surface area contributed by atoms with Crippen molar-refractivity contribution < 1.29 is 58.0 Å². The van der Waals surface area contributed by atoms with Gasteiger partial charge in [0.2, 0.25) is 29.5 Å². The van der Waals surface area contributed by atoms with Crippen molar-refractivity contribution in [3.8, 4) is 0 Å². The summed E-state index contributed by atoms with van der Waals surface area (Å²) in [7, 11) is 7.92. The lowest BCUT2D eigenvalue weighted by atomic mass is 9.60. The van der Waals surface area contributed by atoms with E-state index in [1.165, 1.54) is 29.6 Å². The Balaban J connectivity index is 0. The van der Waals surface area contributed by atoms with Crippen LogP contribution in [0.25, 0.3) is 0 Å². The van der Waals surface area contributed by atoms with Gasteiger partial charge in [-0.2, -0.15) is 5.11 Å². The number of aliphatic hydroxyl groups excluding tert-OH is 1. The van der Waals surface area contributed by atoms with Crippen molar-refractivity contribution >= 4 is 47.5 Å². The summed E-state index contributed by atoms with van der Waals surface area (Å²) in [5.74, 6) is -9.83. The lowest BCUT2D eigenvalue weighted by molar-refractivity contribution is -0.162. The lowest BCUT2D eigenvalue weighted by Gasteiger charge is -2.41. The zero-order chi connectivity index (χ0) is 60.4. The Labute approximate surface area is 464 Å². The maximum Gasteiger partial charge on any atom is 0.362 e. The predicted octanol–water partition coefficient (Wildman–Crippen LogP) is 8.39. The van der Waals surface area contributed by atoms with Gasteiger partial charge in [0, 0.05) is 19.7 Å². The van der Waals surface area contributed by atoms with Gasteiger partial charge in [0.25, 0.3) is 0 Å². The fraction of sp³-hybridized carbons (Fsp3) is 0.845. The minimum absolute atomic E-state index is 0.0487. The Morgan fingerprint density at radius 1 is 0.701 bits per heavy atom. The van der Waals surface area contributed by atoms with Gasteiger partial charge < -0.3 is 35.2 Å². The number of unbranched alkanes of at least 4 members (excludes halogenated alkanes) is 2. The van der Waals surface area contributed by atoms with Crippen molar-refractivity contribution in [2.24, 2.45) is 79.9 Å². The summed E-state index contributed by atoms with van der Waals surface area (Å²) in [5.41, 5.74) is 8.92. The van der Waals surface area contributed by atoms with Crippen LogP contribution < -0.4 is 5.73 Å². The topological polar surface area (TPSA) is 271 Å². The van der Waals surface area contributed by atoms with E-state index >= 15 is 0 Å². The van der Waals surface area contributed by atoms with Crippen LogP contribution >= 0.6 is 0 Å². The standard InChI is InChI=1S/C37H63N3O8.C10H15O3.C5H13N3.C4H11N.C2H6O/c1-13-16-19-39-30(42)25(21-36(7,8)26(33(45)46)23(4)34(47)48-15-3)28(32(39)44)37(9,10)22-24-27(35(5,6)14-2)31(43)40(29(24)41)20-17-18-38(11)12;1-5-10(3,4)7-6(2)8(11)13-9(7)12;1-8(2)5-3-4-7-6;1-2-3-4-5;1-2-3/h23-28H,13-22H2,1-12H3,(H,45,46);6-7H,2,5H2,1,3-4H3;6H,3-5H2,1-2H3;2-5H2,1H3;3H,2H2,1H3/q;+1;;;. The second-order valence-corrected chi connectivity index (χ2v) is 24.1. The van der Waals surface area contributed by atoms with E-state index < -0.39 is 81.5 Å². The number of hydrogen-bond acceptors (Lipinski definition) is 16. The summed E-state index contributed by atoms with van der Waals surface area (Å²) >= 11 is 0. The number of aliphatic carboxylic acids is 1. The molecular weight excluding hydrogens is 987 g/mol. The van der Waals surface area contributed by atoms with E-state index in [1.807, 2.05) is 95.4 Å². The molecule has 3 saturated heterocycles. The predicted molar refractivity (Wildman–Crippen MR) is 301 cm³/mol. The molecule has 3 aliphatic heterocycles.